The van der Waals surface area contributed by atoms with Crippen LogP contribution in [0.3, 0.4) is 0 Å². The van der Waals surface area contributed by atoms with E-state index in [-0.39, 0.29) is 10.8 Å². The molecule has 4 aromatic rings. The maximum atomic E-state index is 12.9. The number of thiophene rings is 1. The van der Waals surface area contributed by atoms with Crippen LogP contribution in [0.4, 0.5) is 0 Å². The van der Waals surface area contributed by atoms with Gasteiger partial charge in [0.2, 0.25) is 0 Å². The second-order valence-electron chi connectivity index (χ2n) is 7.57. The third-order valence-corrected chi connectivity index (χ3v) is 7.82. The zero-order chi connectivity index (χ0) is 19.3. The van der Waals surface area contributed by atoms with Gasteiger partial charge in [-0.3, -0.25) is 9.78 Å². The molecule has 0 fully saturated rings. The highest BCUT2D eigenvalue weighted by atomic mass is 32.2. The molecule has 0 spiro atoms. The van der Waals surface area contributed by atoms with E-state index in [9.17, 15) is 4.79 Å². The van der Waals surface area contributed by atoms with Crippen molar-refractivity contribution in [2.45, 2.75) is 43.3 Å². The molecule has 0 bridgehead atoms. The van der Waals surface area contributed by atoms with Crippen LogP contribution >= 0.6 is 23.1 Å². The topological polar surface area (TPSA) is 58.6 Å². The van der Waals surface area contributed by atoms with Gasteiger partial charge in [0.05, 0.1) is 16.2 Å². The molecular weight excluding hydrogens is 386 g/mol. The van der Waals surface area contributed by atoms with E-state index in [0.29, 0.717) is 5.92 Å². The molecule has 3 aromatic heterocycles. The fraction of sp³-hybridized carbons (Fsp3) is 0.318. The lowest BCUT2D eigenvalue weighted by molar-refractivity contribution is 0.509. The van der Waals surface area contributed by atoms with E-state index in [0.717, 1.165) is 51.1 Å². The van der Waals surface area contributed by atoms with Crippen molar-refractivity contribution in [3.8, 4) is 0 Å². The Morgan fingerprint density at radius 3 is 3.04 bits per heavy atom. The van der Waals surface area contributed by atoms with E-state index in [1.165, 1.54) is 10.4 Å². The number of H-pyrrole nitrogens is 1. The van der Waals surface area contributed by atoms with Crippen molar-refractivity contribution >= 4 is 44.2 Å². The minimum absolute atomic E-state index is 0.0130. The molecule has 1 N–H and O–H groups in total. The summed E-state index contributed by atoms with van der Waals surface area (Å²) in [5.41, 5.74) is 2.23. The quantitative estimate of drug-likeness (QED) is 0.455. The number of nitrogens with one attached hydrogen (secondary N) is 1. The van der Waals surface area contributed by atoms with Crippen molar-refractivity contribution in [2.75, 3.05) is 0 Å². The van der Waals surface area contributed by atoms with Crippen LogP contribution in [-0.4, -0.2) is 15.0 Å². The van der Waals surface area contributed by atoms with E-state index in [1.807, 2.05) is 30.5 Å². The van der Waals surface area contributed by atoms with Gasteiger partial charge in [-0.2, -0.15) is 0 Å². The average Bonchev–Trinajstić information content (AvgIpc) is 3.06. The third kappa shape index (κ3) is 3.05. The number of aromatic nitrogens is 3. The Bertz CT molecular complexity index is 1240. The van der Waals surface area contributed by atoms with Crippen molar-refractivity contribution in [1.82, 2.24) is 15.0 Å². The highest BCUT2D eigenvalue weighted by Crippen LogP contribution is 2.39. The SMILES string of the molecule is CC1CCc2c(sc3nc(C(C)Sc4ccnc5ccccc45)[nH]c(=O)c23)C1. The Labute approximate surface area is 171 Å². The van der Waals surface area contributed by atoms with Gasteiger partial charge in [-0.1, -0.05) is 25.1 Å². The molecule has 2 atom stereocenters. The molecule has 142 valence electrons. The lowest BCUT2D eigenvalue weighted by Gasteiger charge is -2.17. The summed E-state index contributed by atoms with van der Waals surface area (Å²) >= 11 is 3.42. The molecule has 5 rings (SSSR count). The number of thioether (sulfide) groups is 1. The summed E-state index contributed by atoms with van der Waals surface area (Å²) < 4.78 is 0. The van der Waals surface area contributed by atoms with Crippen molar-refractivity contribution in [1.29, 1.82) is 0 Å². The highest BCUT2D eigenvalue weighted by molar-refractivity contribution is 7.99. The number of nitrogens with zero attached hydrogens (tertiary/aromatic N) is 2. The van der Waals surface area contributed by atoms with Crippen molar-refractivity contribution < 1.29 is 0 Å². The highest BCUT2D eigenvalue weighted by Gasteiger charge is 2.24. The summed E-state index contributed by atoms with van der Waals surface area (Å²) in [5, 5.41) is 1.99. The smallest absolute Gasteiger partial charge is 0.259 e. The second-order valence-corrected chi connectivity index (χ2v) is 10.0. The van der Waals surface area contributed by atoms with Crippen LogP contribution in [0.1, 0.15) is 41.8 Å². The molecule has 0 radical (unpaired) electrons. The first-order valence-electron chi connectivity index (χ1n) is 9.65. The molecule has 0 saturated carbocycles. The molecule has 0 aliphatic heterocycles. The van der Waals surface area contributed by atoms with E-state index >= 15 is 0 Å². The summed E-state index contributed by atoms with van der Waals surface area (Å²) in [5.74, 6) is 1.43. The predicted octanol–water partition coefficient (Wildman–Crippen LogP) is 5.51. The maximum absolute atomic E-state index is 12.9. The van der Waals surface area contributed by atoms with E-state index < -0.39 is 0 Å². The van der Waals surface area contributed by atoms with Gasteiger partial charge in [-0.25, -0.2) is 4.98 Å². The molecule has 28 heavy (non-hydrogen) atoms. The van der Waals surface area contributed by atoms with E-state index in [4.69, 9.17) is 4.98 Å². The molecular formula is C22H21N3OS2. The van der Waals surface area contributed by atoms with E-state index in [2.05, 4.69) is 29.9 Å². The molecule has 1 aliphatic rings. The fourth-order valence-electron chi connectivity index (χ4n) is 3.98. The zero-order valence-corrected chi connectivity index (χ0v) is 17.5. The molecule has 0 amide bonds. The maximum Gasteiger partial charge on any atom is 0.259 e. The first-order valence-corrected chi connectivity index (χ1v) is 11.3. The number of aromatic amines is 1. The Morgan fingerprint density at radius 2 is 2.14 bits per heavy atom. The lowest BCUT2D eigenvalue weighted by Crippen LogP contribution is -2.15. The minimum Gasteiger partial charge on any atom is -0.309 e. The van der Waals surface area contributed by atoms with Crippen molar-refractivity contribution in [3.63, 3.8) is 0 Å². The first-order chi connectivity index (χ1) is 13.6. The zero-order valence-electron chi connectivity index (χ0n) is 15.9. The van der Waals surface area contributed by atoms with Gasteiger partial charge in [0.1, 0.15) is 10.7 Å². The number of rotatable bonds is 3. The van der Waals surface area contributed by atoms with Crippen LogP contribution in [-0.2, 0) is 12.8 Å². The Balaban J connectivity index is 1.53. The normalized spacial score (nSPS) is 17.7. The molecule has 2 unspecified atom stereocenters. The molecule has 6 heteroatoms. The van der Waals surface area contributed by atoms with Crippen LogP contribution in [0.2, 0.25) is 0 Å². The van der Waals surface area contributed by atoms with Gasteiger partial charge in [-0.05, 0) is 49.8 Å². The van der Waals surface area contributed by atoms with Gasteiger partial charge in [0, 0.05) is 21.4 Å². The van der Waals surface area contributed by atoms with Gasteiger partial charge in [0.25, 0.3) is 5.56 Å². The monoisotopic (exact) mass is 407 g/mol. The second kappa shape index (κ2) is 7.01. The first kappa shape index (κ1) is 17.9. The predicted molar refractivity (Wildman–Crippen MR) is 117 cm³/mol. The number of benzene rings is 1. The van der Waals surface area contributed by atoms with Crippen LogP contribution in [0.15, 0.2) is 46.2 Å². The van der Waals surface area contributed by atoms with Crippen LogP contribution in [0.25, 0.3) is 21.1 Å². The van der Waals surface area contributed by atoms with E-state index in [1.54, 1.807) is 23.1 Å². The van der Waals surface area contributed by atoms with Gasteiger partial charge in [0.15, 0.2) is 0 Å². The molecule has 0 saturated heterocycles. The Hall–Kier alpha value is -2.18. The minimum atomic E-state index is 0.0130. The van der Waals surface area contributed by atoms with Gasteiger partial charge in [-0.15, -0.1) is 23.1 Å². The average molecular weight is 408 g/mol. The summed E-state index contributed by atoms with van der Waals surface area (Å²) in [7, 11) is 0. The summed E-state index contributed by atoms with van der Waals surface area (Å²) in [6.45, 7) is 4.38. The standard InChI is InChI=1S/C22H21N3OS2/c1-12-7-8-15-18(11-12)28-22-19(15)21(26)24-20(25-22)13(2)27-17-9-10-23-16-6-4-3-5-14(16)17/h3-6,9-10,12-13H,7-8,11H2,1-2H3,(H,24,25,26). The third-order valence-electron chi connectivity index (χ3n) is 5.48. The summed E-state index contributed by atoms with van der Waals surface area (Å²) in [6, 6.07) is 10.2. The Kier molecular flexibility index (Phi) is 4.48. The molecule has 1 aromatic carbocycles. The number of fused-ring (bicyclic) bond motifs is 4. The molecule has 3 heterocycles. The lowest BCUT2D eigenvalue weighted by atomic mass is 9.89. The summed E-state index contributed by atoms with van der Waals surface area (Å²) in [6.07, 6.45) is 5.05. The molecule has 4 nitrogen and oxygen atoms in total. The number of hydrogen-bond acceptors (Lipinski definition) is 5. The molecule has 1 aliphatic carbocycles. The Morgan fingerprint density at radius 1 is 1.29 bits per heavy atom. The number of para-hydroxylation sites is 1. The van der Waals surface area contributed by atoms with Crippen molar-refractivity contribution in [3.05, 3.63) is 63.1 Å². The van der Waals surface area contributed by atoms with Crippen LogP contribution in [0.5, 0.6) is 0 Å². The fourth-order valence-corrected chi connectivity index (χ4v) is 6.41. The van der Waals surface area contributed by atoms with Crippen LogP contribution in [0, 0.1) is 5.92 Å². The number of aryl methyl sites for hydroxylation is 1. The number of pyridine rings is 1. The van der Waals surface area contributed by atoms with Gasteiger partial charge >= 0.3 is 0 Å². The number of hydrogen-bond donors (Lipinski definition) is 1. The van der Waals surface area contributed by atoms with Crippen LogP contribution < -0.4 is 5.56 Å². The largest absolute Gasteiger partial charge is 0.309 e. The summed E-state index contributed by atoms with van der Waals surface area (Å²) in [4.78, 5) is 28.6. The van der Waals surface area contributed by atoms with Gasteiger partial charge < -0.3 is 4.98 Å². The van der Waals surface area contributed by atoms with Crippen molar-refractivity contribution in [2.24, 2.45) is 5.92 Å².